The van der Waals surface area contributed by atoms with Gasteiger partial charge in [0.15, 0.2) is 0 Å². The highest BCUT2D eigenvalue weighted by Gasteiger charge is 2.17. The molecule has 2 N–H and O–H groups in total. The second-order valence-electron chi connectivity index (χ2n) is 4.18. The summed E-state index contributed by atoms with van der Waals surface area (Å²) in [6.07, 6.45) is 3.15. The fourth-order valence-corrected chi connectivity index (χ4v) is 1.67. The quantitative estimate of drug-likeness (QED) is 0.659. The van der Waals surface area contributed by atoms with Gasteiger partial charge in [0.1, 0.15) is 5.82 Å². The summed E-state index contributed by atoms with van der Waals surface area (Å²) in [7, 11) is 0. The van der Waals surface area contributed by atoms with Gasteiger partial charge < -0.3 is 5.32 Å². The number of carbonyl (C=O) groups excluding carboxylic acids is 1. The molecule has 0 fully saturated rings. The molecule has 1 heterocycles. The van der Waals surface area contributed by atoms with Crippen LogP contribution in [0.25, 0.3) is 0 Å². The molecule has 1 unspecified atom stereocenters. The normalized spacial score (nSPS) is 11.9. The summed E-state index contributed by atoms with van der Waals surface area (Å²) in [5, 5.41) is 19.6. The van der Waals surface area contributed by atoms with E-state index in [2.05, 4.69) is 15.5 Å². The fraction of sp³-hybridized carbons (Fsp3) is 0.167. The van der Waals surface area contributed by atoms with E-state index in [0.717, 1.165) is 23.8 Å². The summed E-state index contributed by atoms with van der Waals surface area (Å²) in [6, 6.07) is 2.38. The van der Waals surface area contributed by atoms with E-state index in [0.29, 0.717) is 0 Å². The van der Waals surface area contributed by atoms with Crippen LogP contribution in [0.4, 0.5) is 10.1 Å². The molecule has 20 heavy (non-hydrogen) atoms. The Kier molecular flexibility index (Phi) is 3.74. The number of hydrogen-bond acceptors (Lipinski definition) is 4. The van der Waals surface area contributed by atoms with Crippen molar-refractivity contribution in [2.24, 2.45) is 0 Å². The summed E-state index contributed by atoms with van der Waals surface area (Å²) < 4.78 is 13.3. The summed E-state index contributed by atoms with van der Waals surface area (Å²) in [6.45, 7) is 1.72. The number of non-ortho nitro benzene ring substituents is 1. The number of nitrogens with one attached hydrogen (secondary N) is 2. The summed E-state index contributed by atoms with van der Waals surface area (Å²) >= 11 is 0. The van der Waals surface area contributed by atoms with Crippen molar-refractivity contribution < 1.29 is 14.1 Å². The van der Waals surface area contributed by atoms with Crippen LogP contribution in [-0.4, -0.2) is 21.0 Å². The Bertz CT molecular complexity index is 642. The summed E-state index contributed by atoms with van der Waals surface area (Å²) in [5.74, 6) is -1.43. The second-order valence-corrected chi connectivity index (χ2v) is 4.18. The first kappa shape index (κ1) is 13.7. The number of H-pyrrole nitrogens is 1. The highest BCUT2D eigenvalue weighted by atomic mass is 19.1. The minimum absolute atomic E-state index is 0.105. The van der Waals surface area contributed by atoms with Crippen molar-refractivity contribution in [1.82, 2.24) is 15.5 Å². The number of nitro groups is 1. The van der Waals surface area contributed by atoms with Gasteiger partial charge >= 0.3 is 0 Å². The fourth-order valence-electron chi connectivity index (χ4n) is 1.67. The third kappa shape index (κ3) is 2.97. The van der Waals surface area contributed by atoms with E-state index >= 15 is 0 Å². The molecule has 8 heteroatoms. The molecule has 2 aromatic rings. The largest absolute Gasteiger partial charge is 0.345 e. The SMILES string of the molecule is CC(NC(=O)c1cc(F)cc([N+](=O)[O-])c1)c1cn[nH]c1. The molecule has 0 bridgehead atoms. The number of benzene rings is 1. The van der Waals surface area contributed by atoms with Gasteiger partial charge in [0.25, 0.3) is 11.6 Å². The van der Waals surface area contributed by atoms with Crippen LogP contribution >= 0.6 is 0 Å². The molecule has 1 aromatic carbocycles. The number of halogens is 1. The topological polar surface area (TPSA) is 101 Å². The van der Waals surface area contributed by atoms with Gasteiger partial charge in [-0.15, -0.1) is 0 Å². The van der Waals surface area contributed by atoms with Crippen LogP contribution in [0.2, 0.25) is 0 Å². The second kappa shape index (κ2) is 5.47. The molecular formula is C12H11FN4O3. The molecule has 2 rings (SSSR count). The predicted octanol–water partition coefficient (Wildman–Crippen LogP) is 1.95. The van der Waals surface area contributed by atoms with Crippen molar-refractivity contribution >= 4 is 11.6 Å². The van der Waals surface area contributed by atoms with Crippen LogP contribution in [0.3, 0.4) is 0 Å². The number of amides is 1. The molecule has 104 valence electrons. The third-order valence-electron chi connectivity index (χ3n) is 2.72. The van der Waals surface area contributed by atoms with E-state index < -0.39 is 22.3 Å². The Morgan fingerprint density at radius 3 is 2.85 bits per heavy atom. The Morgan fingerprint density at radius 1 is 1.50 bits per heavy atom. The van der Waals surface area contributed by atoms with Crippen LogP contribution in [-0.2, 0) is 0 Å². The maximum atomic E-state index is 13.3. The molecule has 1 amide bonds. The van der Waals surface area contributed by atoms with Gasteiger partial charge in [-0.3, -0.25) is 20.0 Å². The zero-order valence-electron chi connectivity index (χ0n) is 10.5. The van der Waals surface area contributed by atoms with Crippen molar-refractivity contribution in [2.45, 2.75) is 13.0 Å². The van der Waals surface area contributed by atoms with E-state index in [1.54, 1.807) is 19.3 Å². The standard InChI is InChI=1S/C12H11FN4O3/c1-7(9-5-14-15-6-9)16-12(18)8-2-10(13)4-11(3-8)17(19)20/h2-7H,1H3,(H,14,15)(H,16,18). The van der Waals surface area contributed by atoms with Gasteiger partial charge in [-0.05, 0) is 13.0 Å². The zero-order chi connectivity index (χ0) is 14.7. The number of aromatic nitrogens is 2. The van der Waals surface area contributed by atoms with Gasteiger partial charge in [-0.1, -0.05) is 0 Å². The van der Waals surface area contributed by atoms with Gasteiger partial charge in [0.2, 0.25) is 0 Å². The Hall–Kier alpha value is -2.77. The van der Waals surface area contributed by atoms with Crippen LogP contribution in [0.5, 0.6) is 0 Å². The van der Waals surface area contributed by atoms with Crippen molar-refractivity contribution in [2.75, 3.05) is 0 Å². The first-order valence-corrected chi connectivity index (χ1v) is 5.72. The van der Waals surface area contributed by atoms with Crippen LogP contribution in [0.15, 0.2) is 30.6 Å². The van der Waals surface area contributed by atoms with E-state index in [1.165, 1.54) is 0 Å². The molecule has 0 saturated heterocycles. The molecule has 0 radical (unpaired) electrons. The van der Waals surface area contributed by atoms with Crippen molar-refractivity contribution in [1.29, 1.82) is 0 Å². The number of nitro benzene ring substituents is 1. The maximum Gasteiger partial charge on any atom is 0.273 e. The van der Waals surface area contributed by atoms with Gasteiger partial charge in [0, 0.05) is 23.4 Å². The van der Waals surface area contributed by atoms with Crippen LogP contribution < -0.4 is 5.32 Å². The highest BCUT2D eigenvalue weighted by Crippen LogP contribution is 2.17. The van der Waals surface area contributed by atoms with E-state index in [1.807, 2.05) is 0 Å². The lowest BCUT2D eigenvalue weighted by Gasteiger charge is -2.11. The molecule has 0 aliphatic carbocycles. The molecular weight excluding hydrogens is 267 g/mol. The van der Waals surface area contributed by atoms with E-state index in [9.17, 15) is 19.3 Å². The van der Waals surface area contributed by atoms with Crippen molar-refractivity contribution in [3.63, 3.8) is 0 Å². The molecule has 1 atom stereocenters. The van der Waals surface area contributed by atoms with Gasteiger partial charge in [0.05, 0.1) is 23.2 Å². The highest BCUT2D eigenvalue weighted by molar-refractivity contribution is 5.95. The number of nitrogens with zero attached hydrogens (tertiary/aromatic N) is 2. The lowest BCUT2D eigenvalue weighted by molar-refractivity contribution is -0.385. The minimum Gasteiger partial charge on any atom is -0.345 e. The maximum absolute atomic E-state index is 13.3. The lowest BCUT2D eigenvalue weighted by Crippen LogP contribution is -2.26. The molecule has 0 spiro atoms. The van der Waals surface area contributed by atoms with E-state index in [-0.39, 0.29) is 11.6 Å². The number of aromatic amines is 1. The number of rotatable bonds is 4. The third-order valence-corrected chi connectivity index (χ3v) is 2.72. The van der Waals surface area contributed by atoms with Crippen molar-refractivity contribution in [3.8, 4) is 0 Å². The Labute approximate surface area is 113 Å². The van der Waals surface area contributed by atoms with Crippen LogP contribution in [0, 0.1) is 15.9 Å². The monoisotopic (exact) mass is 278 g/mol. The first-order chi connectivity index (χ1) is 9.47. The van der Waals surface area contributed by atoms with Gasteiger partial charge in [-0.2, -0.15) is 5.10 Å². The zero-order valence-corrected chi connectivity index (χ0v) is 10.5. The Balaban J connectivity index is 2.19. The molecule has 0 aliphatic heterocycles. The summed E-state index contributed by atoms with van der Waals surface area (Å²) in [4.78, 5) is 21.8. The molecule has 7 nitrogen and oxygen atoms in total. The number of carbonyl (C=O) groups is 1. The average molecular weight is 278 g/mol. The molecule has 0 saturated carbocycles. The van der Waals surface area contributed by atoms with Crippen molar-refractivity contribution in [3.05, 3.63) is 57.7 Å². The molecule has 0 aliphatic rings. The first-order valence-electron chi connectivity index (χ1n) is 5.72. The summed E-state index contributed by atoms with van der Waals surface area (Å²) in [5.41, 5.74) is 0.169. The number of hydrogen-bond donors (Lipinski definition) is 2. The predicted molar refractivity (Wildman–Crippen MR) is 67.5 cm³/mol. The van der Waals surface area contributed by atoms with Gasteiger partial charge in [-0.25, -0.2) is 4.39 Å². The minimum atomic E-state index is -0.833. The van der Waals surface area contributed by atoms with Crippen LogP contribution in [0.1, 0.15) is 28.9 Å². The molecule has 1 aromatic heterocycles. The average Bonchev–Trinajstić information content (AvgIpc) is 2.91. The smallest absolute Gasteiger partial charge is 0.273 e. The van der Waals surface area contributed by atoms with E-state index in [4.69, 9.17) is 0 Å². The Morgan fingerprint density at radius 2 is 2.25 bits per heavy atom. The lowest BCUT2D eigenvalue weighted by atomic mass is 10.1.